The van der Waals surface area contributed by atoms with Crippen molar-refractivity contribution in [3.63, 3.8) is 0 Å². The molecular weight excluding hydrogens is 545 g/mol. The van der Waals surface area contributed by atoms with Crippen molar-refractivity contribution in [3.05, 3.63) is 63.1 Å². The molecule has 2 aromatic carbocycles. The van der Waals surface area contributed by atoms with Gasteiger partial charge in [-0.25, -0.2) is 8.42 Å². The molecule has 198 valence electrons. The zero-order valence-corrected chi connectivity index (χ0v) is 23.9. The van der Waals surface area contributed by atoms with Crippen molar-refractivity contribution in [1.29, 1.82) is 0 Å². The third kappa shape index (κ3) is 9.14. The van der Waals surface area contributed by atoms with E-state index in [1.54, 1.807) is 49.4 Å². The summed E-state index contributed by atoms with van der Waals surface area (Å²) in [5, 5.41) is 4.02. The molecule has 0 aliphatic heterocycles. The number of hydrogen-bond acceptors (Lipinski definition) is 4. The lowest BCUT2D eigenvalue weighted by molar-refractivity contribution is -0.140. The Labute approximate surface area is 228 Å². The third-order valence-corrected chi connectivity index (χ3v) is 7.61. The van der Waals surface area contributed by atoms with Crippen LogP contribution in [-0.4, -0.2) is 50.5 Å². The first kappa shape index (κ1) is 30.2. The molecule has 0 bridgehead atoms. The Morgan fingerprint density at radius 1 is 1.00 bits per heavy atom. The fraction of sp³-hybridized carbons (Fsp3) is 0.440. The van der Waals surface area contributed by atoms with E-state index in [1.165, 1.54) is 9.21 Å². The average Bonchev–Trinajstić information content (AvgIpc) is 2.79. The zero-order valence-electron chi connectivity index (χ0n) is 20.8. The van der Waals surface area contributed by atoms with E-state index in [2.05, 4.69) is 5.32 Å². The lowest BCUT2D eigenvalue weighted by Crippen LogP contribution is -2.48. The molecule has 0 fully saturated rings. The second-order valence-corrected chi connectivity index (χ2v) is 12.2. The van der Waals surface area contributed by atoms with Crippen molar-refractivity contribution in [2.75, 3.05) is 23.7 Å². The molecule has 0 aliphatic rings. The Kier molecular flexibility index (Phi) is 11.3. The van der Waals surface area contributed by atoms with Gasteiger partial charge in [0.25, 0.3) is 0 Å². The van der Waals surface area contributed by atoms with Gasteiger partial charge in [0.1, 0.15) is 6.04 Å². The summed E-state index contributed by atoms with van der Waals surface area (Å²) in [7, 11) is -3.60. The second kappa shape index (κ2) is 13.5. The normalized spacial score (nSPS) is 12.3. The lowest BCUT2D eigenvalue weighted by atomic mass is 10.1. The highest BCUT2D eigenvalue weighted by Crippen LogP contribution is 2.25. The fourth-order valence-electron chi connectivity index (χ4n) is 3.50. The van der Waals surface area contributed by atoms with Gasteiger partial charge in [-0.1, -0.05) is 60.8 Å². The van der Waals surface area contributed by atoms with Crippen LogP contribution >= 0.6 is 34.8 Å². The van der Waals surface area contributed by atoms with Crippen molar-refractivity contribution in [2.45, 2.75) is 46.2 Å². The predicted octanol–water partition coefficient (Wildman–Crippen LogP) is 5.38. The van der Waals surface area contributed by atoms with Crippen LogP contribution in [0.3, 0.4) is 0 Å². The number of halogens is 3. The Bertz CT molecular complexity index is 1170. The van der Waals surface area contributed by atoms with E-state index < -0.39 is 16.1 Å². The SMILES string of the molecule is CC(C)CNC(=O)C(C)N(Cc1ccc(Cl)c(Cl)c1)C(=O)CCCN(c1cccc(Cl)c1)S(C)(=O)=O. The lowest BCUT2D eigenvalue weighted by Gasteiger charge is -2.30. The minimum Gasteiger partial charge on any atom is -0.354 e. The largest absolute Gasteiger partial charge is 0.354 e. The first-order valence-corrected chi connectivity index (χ1v) is 14.5. The van der Waals surface area contributed by atoms with E-state index in [-0.39, 0.29) is 43.7 Å². The molecule has 1 unspecified atom stereocenters. The van der Waals surface area contributed by atoms with Gasteiger partial charge >= 0.3 is 0 Å². The molecule has 0 spiro atoms. The molecule has 1 N–H and O–H groups in total. The third-order valence-electron chi connectivity index (χ3n) is 5.44. The van der Waals surface area contributed by atoms with Crippen LogP contribution in [0.4, 0.5) is 5.69 Å². The number of carbonyl (C=O) groups is 2. The maximum atomic E-state index is 13.3. The monoisotopic (exact) mass is 575 g/mol. The van der Waals surface area contributed by atoms with Gasteiger partial charge in [-0.05, 0) is 55.2 Å². The van der Waals surface area contributed by atoms with Gasteiger partial charge in [-0.15, -0.1) is 0 Å². The van der Waals surface area contributed by atoms with E-state index in [0.29, 0.717) is 27.3 Å². The standard InChI is InChI=1S/C25H32Cl3N3O4S/c1-17(2)15-29-25(33)18(3)30(16-19-10-11-22(27)23(28)13-19)24(32)9-6-12-31(36(4,34)35)21-8-5-7-20(26)14-21/h5,7-8,10-11,13-14,17-18H,6,9,12,15-16H2,1-4H3,(H,29,33). The van der Waals surface area contributed by atoms with Crippen LogP contribution in [0.2, 0.25) is 15.1 Å². The summed E-state index contributed by atoms with van der Waals surface area (Å²) in [6, 6.07) is 10.8. The maximum Gasteiger partial charge on any atom is 0.242 e. The summed E-state index contributed by atoms with van der Waals surface area (Å²) in [4.78, 5) is 27.6. The van der Waals surface area contributed by atoms with Crippen molar-refractivity contribution in [3.8, 4) is 0 Å². The van der Waals surface area contributed by atoms with Gasteiger partial charge in [-0.2, -0.15) is 0 Å². The van der Waals surface area contributed by atoms with Gasteiger partial charge in [-0.3, -0.25) is 13.9 Å². The summed E-state index contributed by atoms with van der Waals surface area (Å²) >= 11 is 18.2. The molecule has 0 radical (unpaired) electrons. The highest BCUT2D eigenvalue weighted by atomic mass is 35.5. The topological polar surface area (TPSA) is 86.8 Å². The minimum atomic E-state index is -3.60. The highest BCUT2D eigenvalue weighted by Gasteiger charge is 2.27. The molecule has 2 rings (SSSR count). The molecule has 0 aliphatic carbocycles. The summed E-state index contributed by atoms with van der Waals surface area (Å²) < 4.78 is 26.0. The van der Waals surface area contributed by atoms with Crippen molar-refractivity contribution in [1.82, 2.24) is 10.2 Å². The Hall–Kier alpha value is -2.00. The molecular formula is C25H32Cl3N3O4S. The van der Waals surface area contributed by atoms with Crippen LogP contribution in [0, 0.1) is 5.92 Å². The molecule has 0 saturated carbocycles. The van der Waals surface area contributed by atoms with Crippen LogP contribution in [0.5, 0.6) is 0 Å². The number of anilines is 1. The van der Waals surface area contributed by atoms with E-state index in [0.717, 1.165) is 11.8 Å². The quantitative estimate of drug-likeness (QED) is 0.367. The first-order valence-electron chi connectivity index (χ1n) is 11.5. The molecule has 36 heavy (non-hydrogen) atoms. The van der Waals surface area contributed by atoms with E-state index >= 15 is 0 Å². The maximum absolute atomic E-state index is 13.3. The summed E-state index contributed by atoms with van der Waals surface area (Å²) in [6.07, 6.45) is 1.39. The number of sulfonamides is 1. The Morgan fingerprint density at radius 2 is 1.69 bits per heavy atom. The number of benzene rings is 2. The van der Waals surface area contributed by atoms with E-state index in [4.69, 9.17) is 34.8 Å². The highest BCUT2D eigenvalue weighted by molar-refractivity contribution is 7.92. The zero-order chi connectivity index (χ0) is 27.0. The Balaban J connectivity index is 2.19. The molecule has 0 heterocycles. The molecule has 11 heteroatoms. The molecule has 1 atom stereocenters. The summed E-state index contributed by atoms with van der Waals surface area (Å²) in [5.41, 5.74) is 1.14. The number of hydrogen-bond donors (Lipinski definition) is 1. The second-order valence-electron chi connectivity index (χ2n) is 9.00. The summed E-state index contributed by atoms with van der Waals surface area (Å²) in [5.74, 6) is -0.296. The molecule has 0 aromatic heterocycles. The van der Waals surface area contributed by atoms with Crippen LogP contribution < -0.4 is 9.62 Å². The average molecular weight is 577 g/mol. The molecule has 2 amide bonds. The van der Waals surface area contributed by atoms with Crippen LogP contribution in [0.15, 0.2) is 42.5 Å². The van der Waals surface area contributed by atoms with Gasteiger partial charge in [0.15, 0.2) is 0 Å². The number of amides is 2. The fourth-order valence-corrected chi connectivity index (χ4v) is 4.97. The number of rotatable bonds is 12. The Morgan fingerprint density at radius 3 is 2.28 bits per heavy atom. The minimum absolute atomic E-state index is 0.0374. The molecule has 0 saturated heterocycles. The number of nitrogens with one attached hydrogen (secondary N) is 1. The van der Waals surface area contributed by atoms with Crippen LogP contribution in [-0.2, 0) is 26.2 Å². The summed E-state index contributed by atoms with van der Waals surface area (Å²) in [6.45, 7) is 6.35. The number of nitrogens with zero attached hydrogens (tertiary/aromatic N) is 2. The molecule has 2 aromatic rings. The first-order chi connectivity index (χ1) is 16.8. The van der Waals surface area contributed by atoms with Gasteiger partial charge < -0.3 is 10.2 Å². The van der Waals surface area contributed by atoms with Crippen molar-refractivity contribution in [2.24, 2.45) is 5.92 Å². The van der Waals surface area contributed by atoms with Crippen molar-refractivity contribution < 1.29 is 18.0 Å². The van der Waals surface area contributed by atoms with Crippen molar-refractivity contribution >= 4 is 62.3 Å². The van der Waals surface area contributed by atoms with Gasteiger partial charge in [0.05, 0.1) is 22.0 Å². The van der Waals surface area contributed by atoms with Crippen LogP contribution in [0.1, 0.15) is 39.2 Å². The predicted molar refractivity (Wildman–Crippen MR) is 147 cm³/mol. The van der Waals surface area contributed by atoms with E-state index in [9.17, 15) is 18.0 Å². The van der Waals surface area contributed by atoms with Gasteiger partial charge in [0.2, 0.25) is 21.8 Å². The smallest absolute Gasteiger partial charge is 0.242 e. The van der Waals surface area contributed by atoms with E-state index in [1.807, 2.05) is 13.8 Å². The molecule has 7 nitrogen and oxygen atoms in total. The number of carbonyl (C=O) groups excluding carboxylic acids is 2. The van der Waals surface area contributed by atoms with Crippen LogP contribution in [0.25, 0.3) is 0 Å². The van der Waals surface area contributed by atoms with Gasteiger partial charge in [0, 0.05) is 31.1 Å².